The van der Waals surface area contributed by atoms with Crippen LogP contribution in [-0.2, 0) is 6.42 Å². The second-order valence-electron chi connectivity index (χ2n) is 7.02. The molecule has 0 atom stereocenters. The van der Waals surface area contributed by atoms with Gasteiger partial charge < -0.3 is 20.6 Å². The second-order valence-corrected chi connectivity index (χ2v) is 7.02. The first-order chi connectivity index (χ1) is 11.0. The molecule has 6 heteroatoms. The number of likely N-dealkylation sites (tertiary alicyclic amines) is 1. The molecule has 0 bridgehead atoms. The van der Waals surface area contributed by atoms with Crippen molar-refractivity contribution in [2.75, 3.05) is 43.4 Å². The van der Waals surface area contributed by atoms with E-state index in [0.29, 0.717) is 5.95 Å². The zero-order valence-electron chi connectivity index (χ0n) is 14.4. The molecule has 128 valence electrons. The summed E-state index contributed by atoms with van der Waals surface area (Å²) in [6.07, 6.45) is 5.00. The Morgan fingerprint density at radius 1 is 1.13 bits per heavy atom. The molecule has 3 N–H and O–H groups in total. The summed E-state index contributed by atoms with van der Waals surface area (Å²) >= 11 is 0. The highest BCUT2D eigenvalue weighted by Gasteiger charge is 2.35. The van der Waals surface area contributed by atoms with Crippen molar-refractivity contribution in [2.24, 2.45) is 0 Å². The maximum Gasteiger partial charge on any atom is 0.222 e. The van der Waals surface area contributed by atoms with Crippen LogP contribution in [0.15, 0.2) is 0 Å². The van der Waals surface area contributed by atoms with Crippen LogP contribution < -0.4 is 10.6 Å². The molecular weight excluding hydrogens is 290 g/mol. The lowest BCUT2D eigenvalue weighted by molar-refractivity contribution is -0.0112. The number of aryl methyl sites for hydroxylation is 1. The molecule has 23 heavy (non-hydrogen) atoms. The summed E-state index contributed by atoms with van der Waals surface area (Å²) in [6, 6.07) is 0. The van der Waals surface area contributed by atoms with Crippen molar-refractivity contribution in [3.8, 4) is 0 Å². The standard InChI is InChI=1S/C17H29N5O/c1-3-14-13(2)19-16(18)20-15(14)22-10-6-17(23,7-11-22)12-21-8-4-5-9-21/h23H,3-12H2,1-2H3,(H2,18,19,20). The predicted molar refractivity (Wildman–Crippen MR) is 92.6 cm³/mol. The monoisotopic (exact) mass is 319 g/mol. The highest BCUT2D eigenvalue weighted by Crippen LogP contribution is 2.30. The normalized spacial score (nSPS) is 21.8. The van der Waals surface area contributed by atoms with Crippen molar-refractivity contribution in [1.29, 1.82) is 0 Å². The van der Waals surface area contributed by atoms with Crippen LogP contribution in [0, 0.1) is 6.92 Å². The van der Waals surface area contributed by atoms with Crippen molar-refractivity contribution in [3.05, 3.63) is 11.3 Å². The van der Waals surface area contributed by atoms with E-state index in [1.54, 1.807) is 0 Å². The van der Waals surface area contributed by atoms with E-state index in [4.69, 9.17) is 5.73 Å². The maximum atomic E-state index is 10.9. The largest absolute Gasteiger partial charge is 0.388 e. The van der Waals surface area contributed by atoms with Gasteiger partial charge in [-0.3, -0.25) is 0 Å². The number of hydrogen-bond donors (Lipinski definition) is 2. The van der Waals surface area contributed by atoms with Gasteiger partial charge in [0.15, 0.2) is 0 Å². The van der Waals surface area contributed by atoms with E-state index in [1.165, 1.54) is 18.4 Å². The predicted octanol–water partition coefficient (Wildman–Crippen LogP) is 1.36. The van der Waals surface area contributed by atoms with E-state index < -0.39 is 5.60 Å². The molecule has 0 aromatic carbocycles. The number of rotatable bonds is 4. The zero-order chi connectivity index (χ0) is 16.4. The zero-order valence-corrected chi connectivity index (χ0v) is 14.4. The fourth-order valence-electron chi connectivity index (χ4n) is 3.93. The van der Waals surface area contributed by atoms with Crippen LogP contribution in [0.5, 0.6) is 0 Å². The number of piperidine rings is 1. The Kier molecular flexibility index (Phi) is 4.73. The molecule has 0 aliphatic carbocycles. The van der Waals surface area contributed by atoms with Crippen molar-refractivity contribution in [2.45, 2.75) is 51.6 Å². The topological polar surface area (TPSA) is 78.5 Å². The van der Waals surface area contributed by atoms with Crippen LogP contribution in [0.2, 0.25) is 0 Å². The molecule has 2 aliphatic rings. The van der Waals surface area contributed by atoms with Crippen LogP contribution >= 0.6 is 0 Å². The molecule has 0 spiro atoms. The third-order valence-electron chi connectivity index (χ3n) is 5.27. The van der Waals surface area contributed by atoms with Crippen LogP contribution in [-0.4, -0.2) is 58.3 Å². The Balaban J connectivity index is 1.69. The number of anilines is 2. The number of nitrogens with zero attached hydrogens (tertiary/aromatic N) is 4. The molecule has 1 aromatic heterocycles. The van der Waals surface area contributed by atoms with Gasteiger partial charge in [0.2, 0.25) is 5.95 Å². The summed E-state index contributed by atoms with van der Waals surface area (Å²) in [5.74, 6) is 1.30. The summed E-state index contributed by atoms with van der Waals surface area (Å²) in [4.78, 5) is 13.4. The van der Waals surface area contributed by atoms with Crippen LogP contribution in [0.3, 0.4) is 0 Å². The molecule has 2 aliphatic heterocycles. The number of β-amino-alcohol motifs (C(OH)–C–C–N with tert-alkyl or cyclic N) is 1. The van der Waals surface area contributed by atoms with Crippen LogP contribution in [0.1, 0.15) is 43.9 Å². The summed E-state index contributed by atoms with van der Waals surface area (Å²) in [6.45, 7) is 8.85. The molecule has 3 rings (SSSR count). The Bertz CT molecular complexity index is 548. The minimum Gasteiger partial charge on any atom is -0.388 e. The summed E-state index contributed by atoms with van der Waals surface area (Å²) in [7, 11) is 0. The molecule has 2 fully saturated rings. The van der Waals surface area contributed by atoms with E-state index in [2.05, 4.69) is 26.7 Å². The lowest BCUT2D eigenvalue weighted by atomic mass is 9.90. The van der Waals surface area contributed by atoms with Gasteiger partial charge in [-0.05, 0) is 52.1 Å². The van der Waals surface area contributed by atoms with E-state index in [9.17, 15) is 5.11 Å². The first kappa shape index (κ1) is 16.5. The van der Waals surface area contributed by atoms with E-state index in [0.717, 1.165) is 63.5 Å². The van der Waals surface area contributed by atoms with Gasteiger partial charge in [-0.2, -0.15) is 4.98 Å². The third kappa shape index (κ3) is 3.58. The summed E-state index contributed by atoms with van der Waals surface area (Å²) < 4.78 is 0. The number of aromatic nitrogens is 2. The summed E-state index contributed by atoms with van der Waals surface area (Å²) in [5, 5.41) is 10.9. The number of aliphatic hydroxyl groups is 1. The van der Waals surface area contributed by atoms with Gasteiger partial charge in [0.1, 0.15) is 5.82 Å². The molecule has 3 heterocycles. The number of hydrogen-bond acceptors (Lipinski definition) is 6. The molecule has 0 amide bonds. The Labute approximate surface area is 138 Å². The van der Waals surface area contributed by atoms with Crippen molar-refractivity contribution >= 4 is 11.8 Å². The van der Waals surface area contributed by atoms with Crippen LogP contribution in [0.4, 0.5) is 11.8 Å². The highest BCUT2D eigenvalue weighted by atomic mass is 16.3. The molecule has 0 saturated carbocycles. The quantitative estimate of drug-likeness (QED) is 0.872. The smallest absolute Gasteiger partial charge is 0.222 e. The number of nitrogens with two attached hydrogens (primary N) is 1. The van der Waals surface area contributed by atoms with Gasteiger partial charge in [0.05, 0.1) is 5.60 Å². The maximum absolute atomic E-state index is 10.9. The lowest BCUT2D eigenvalue weighted by Gasteiger charge is -2.41. The molecule has 6 nitrogen and oxygen atoms in total. The van der Waals surface area contributed by atoms with Gasteiger partial charge in [-0.25, -0.2) is 4.98 Å². The Morgan fingerprint density at radius 2 is 1.78 bits per heavy atom. The van der Waals surface area contributed by atoms with Crippen LogP contribution in [0.25, 0.3) is 0 Å². The first-order valence-corrected chi connectivity index (χ1v) is 8.83. The van der Waals surface area contributed by atoms with Gasteiger partial charge in [-0.15, -0.1) is 0 Å². The van der Waals surface area contributed by atoms with Crippen molar-refractivity contribution in [1.82, 2.24) is 14.9 Å². The van der Waals surface area contributed by atoms with Crippen molar-refractivity contribution < 1.29 is 5.11 Å². The van der Waals surface area contributed by atoms with Gasteiger partial charge >= 0.3 is 0 Å². The minimum atomic E-state index is -0.555. The minimum absolute atomic E-state index is 0.340. The SMILES string of the molecule is CCc1c(C)nc(N)nc1N1CCC(O)(CN2CCCC2)CC1. The Hall–Kier alpha value is -1.40. The lowest BCUT2D eigenvalue weighted by Crippen LogP contribution is -2.51. The van der Waals surface area contributed by atoms with Gasteiger partial charge in [-0.1, -0.05) is 6.92 Å². The van der Waals surface area contributed by atoms with Gasteiger partial charge in [0.25, 0.3) is 0 Å². The van der Waals surface area contributed by atoms with E-state index >= 15 is 0 Å². The average molecular weight is 319 g/mol. The molecule has 0 unspecified atom stereocenters. The van der Waals surface area contributed by atoms with E-state index in [-0.39, 0.29) is 0 Å². The van der Waals surface area contributed by atoms with Crippen molar-refractivity contribution in [3.63, 3.8) is 0 Å². The summed E-state index contributed by atoms with van der Waals surface area (Å²) in [5.41, 5.74) is 7.43. The molecule has 1 aromatic rings. The second kappa shape index (κ2) is 6.61. The molecule has 0 radical (unpaired) electrons. The molecular formula is C17H29N5O. The van der Waals surface area contributed by atoms with E-state index in [1.807, 2.05) is 6.92 Å². The average Bonchev–Trinajstić information content (AvgIpc) is 2.99. The van der Waals surface area contributed by atoms with Gasteiger partial charge in [0, 0.05) is 30.9 Å². The third-order valence-corrected chi connectivity index (χ3v) is 5.27. The highest BCUT2D eigenvalue weighted by molar-refractivity contribution is 5.52. The molecule has 2 saturated heterocycles. The Morgan fingerprint density at radius 3 is 2.39 bits per heavy atom. The fraction of sp³-hybridized carbons (Fsp3) is 0.765. The number of nitrogen functional groups attached to an aromatic ring is 1. The first-order valence-electron chi connectivity index (χ1n) is 8.83. The fourth-order valence-corrected chi connectivity index (χ4v) is 3.93.